The lowest BCUT2D eigenvalue weighted by Crippen LogP contribution is -2.50. The molecule has 5 nitrogen and oxygen atoms in total. The highest BCUT2D eigenvalue weighted by Gasteiger charge is 2.26. The molecule has 1 aliphatic rings. The Morgan fingerprint density at radius 1 is 1.30 bits per heavy atom. The number of nitrogens with zero attached hydrogens (tertiary/aromatic N) is 3. The van der Waals surface area contributed by atoms with E-state index in [0.717, 1.165) is 39.0 Å². The fourth-order valence-corrected chi connectivity index (χ4v) is 3.20. The third-order valence-electron chi connectivity index (χ3n) is 4.17. The summed E-state index contributed by atoms with van der Waals surface area (Å²) >= 11 is 0. The summed E-state index contributed by atoms with van der Waals surface area (Å²) in [5, 5.41) is 0. The van der Waals surface area contributed by atoms with Gasteiger partial charge >= 0.3 is 0 Å². The molecule has 0 aromatic rings. The van der Waals surface area contributed by atoms with Gasteiger partial charge in [-0.15, -0.1) is 0 Å². The second-order valence-corrected chi connectivity index (χ2v) is 6.12. The first-order valence-corrected chi connectivity index (χ1v) is 7.87. The summed E-state index contributed by atoms with van der Waals surface area (Å²) in [4.78, 5) is 18.9. The van der Waals surface area contributed by atoms with E-state index in [0.29, 0.717) is 19.0 Å². The minimum Gasteiger partial charge on any atom is -0.343 e. The number of carbonyl (C=O) groups excluding carboxylic acids is 1. The van der Waals surface area contributed by atoms with Crippen LogP contribution >= 0.6 is 0 Å². The van der Waals surface area contributed by atoms with Crippen LogP contribution in [0, 0.1) is 0 Å². The van der Waals surface area contributed by atoms with E-state index in [9.17, 15) is 4.79 Å². The van der Waals surface area contributed by atoms with Crippen LogP contribution in [0.1, 0.15) is 33.1 Å². The molecule has 0 aromatic heterocycles. The van der Waals surface area contributed by atoms with Crippen LogP contribution in [0.25, 0.3) is 0 Å². The van der Waals surface area contributed by atoms with Crippen LogP contribution in [0.3, 0.4) is 0 Å². The van der Waals surface area contributed by atoms with Gasteiger partial charge in [-0.3, -0.25) is 9.69 Å². The van der Waals surface area contributed by atoms with Crippen molar-refractivity contribution in [2.75, 3.05) is 46.8 Å². The molecule has 0 saturated carbocycles. The van der Waals surface area contributed by atoms with E-state index in [1.165, 1.54) is 0 Å². The monoisotopic (exact) mass is 284 g/mol. The van der Waals surface area contributed by atoms with Crippen LogP contribution in [-0.2, 0) is 4.79 Å². The Morgan fingerprint density at radius 2 is 1.90 bits per heavy atom. The summed E-state index contributed by atoms with van der Waals surface area (Å²) in [5.41, 5.74) is 5.94. The molecule has 0 aromatic carbocycles. The van der Waals surface area contributed by atoms with Crippen molar-refractivity contribution < 1.29 is 4.79 Å². The summed E-state index contributed by atoms with van der Waals surface area (Å²) in [6, 6.07) is 0.568. The molecule has 2 N–H and O–H groups in total. The van der Waals surface area contributed by atoms with E-state index >= 15 is 0 Å². The van der Waals surface area contributed by atoms with Gasteiger partial charge in [-0.25, -0.2) is 0 Å². The number of nitrogens with two attached hydrogens (primary N) is 1. The molecular formula is C15H32N4O. The summed E-state index contributed by atoms with van der Waals surface area (Å²) < 4.78 is 0. The smallest absolute Gasteiger partial charge is 0.224 e. The van der Waals surface area contributed by atoms with Crippen molar-refractivity contribution in [1.29, 1.82) is 0 Å². The van der Waals surface area contributed by atoms with Crippen LogP contribution < -0.4 is 5.73 Å². The van der Waals surface area contributed by atoms with Crippen molar-refractivity contribution in [2.45, 2.75) is 45.2 Å². The number of amides is 1. The predicted octanol–water partition coefficient (Wildman–Crippen LogP) is 0.598. The van der Waals surface area contributed by atoms with Gasteiger partial charge in [0.2, 0.25) is 5.91 Å². The average molecular weight is 284 g/mol. The van der Waals surface area contributed by atoms with Gasteiger partial charge in [0.25, 0.3) is 0 Å². The number of carbonyl (C=O) groups is 1. The normalized spacial score (nSPS) is 18.9. The lowest BCUT2D eigenvalue weighted by Gasteiger charge is -2.36. The SMILES string of the molecule is CCN(C(C)CN(C)C)C(CN)CC(=O)N1CCCC1. The Balaban J connectivity index is 2.58. The lowest BCUT2D eigenvalue weighted by molar-refractivity contribution is -0.131. The van der Waals surface area contributed by atoms with E-state index < -0.39 is 0 Å². The fourth-order valence-electron chi connectivity index (χ4n) is 3.20. The third kappa shape index (κ3) is 5.04. The van der Waals surface area contributed by atoms with Gasteiger partial charge in [0, 0.05) is 44.7 Å². The molecule has 1 heterocycles. The van der Waals surface area contributed by atoms with Gasteiger partial charge in [-0.05, 0) is 40.4 Å². The first-order valence-electron chi connectivity index (χ1n) is 7.87. The Labute approximate surface area is 124 Å². The second-order valence-electron chi connectivity index (χ2n) is 6.12. The summed E-state index contributed by atoms with van der Waals surface area (Å²) in [7, 11) is 4.16. The molecule has 1 amide bonds. The Bertz CT molecular complexity index is 290. The van der Waals surface area contributed by atoms with Crippen LogP contribution in [0.5, 0.6) is 0 Å². The zero-order chi connectivity index (χ0) is 15.1. The maximum Gasteiger partial charge on any atom is 0.224 e. The Hall–Kier alpha value is -0.650. The van der Waals surface area contributed by atoms with Gasteiger partial charge in [0.05, 0.1) is 0 Å². The van der Waals surface area contributed by atoms with E-state index in [1.54, 1.807) is 0 Å². The van der Waals surface area contributed by atoms with E-state index in [1.807, 2.05) is 4.90 Å². The predicted molar refractivity (Wildman–Crippen MR) is 83.7 cm³/mol. The second kappa shape index (κ2) is 8.60. The molecule has 1 fully saturated rings. The fraction of sp³-hybridized carbons (Fsp3) is 0.933. The van der Waals surface area contributed by atoms with Crippen molar-refractivity contribution in [3.63, 3.8) is 0 Å². The maximum atomic E-state index is 12.3. The molecule has 1 saturated heterocycles. The third-order valence-corrected chi connectivity index (χ3v) is 4.17. The molecule has 0 radical (unpaired) electrons. The molecule has 1 aliphatic heterocycles. The van der Waals surface area contributed by atoms with Crippen molar-refractivity contribution in [3.8, 4) is 0 Å². The topological polar surface area (TPSA) is 52.8 Å². The lowest BCUT2D eigenvalue weighted by atomic mass is 10.1. The molecule has 1 rings (SSSR count). The zero-order valence-electron chi connectivity index (χ0n) is 13.6. The number of likely N-dealkylation sites (N-methyl/N-ethyl adjacent to an activating group) is 2. The first kappa shape index (κ1) is 17.4. The zero-order valence-corrected chi connectivity index (χ0v) is 13.6. The minimum absolute atomic E-state index is 0.156. The molecule has 5 heteroatoms. The highest BCUT2D eigenvalue weighted by Crippen LogP contribution is 2.14. The number of likely N-dealkylation sites (tertiary alicyclic amines) is 1. The molecular weight excluding hydrogens is 252 g/mol. The number of hydrogen-bond acceptors (Lipinski definition) is 4. The Morgan fingerprint density at radius 3 is 2.35 bits per heavy atom. The van der Waals surface area contributed by atoms with Crippen LogP contribution in [0.2, 0.25) is 0 Å². The van der Waals surface area contributed by atoms with Crippen molar-refractivity contribution >= 4 is 5.91 Å². The van der Waals surface area contributed by atoms with Gasteiger partial charge in [-0.1, -0.05) is 6.92 Å². The minimum atomic E-state index is 0.156. The molecule has 20 heavy (non-hydrogen) atoms. The van der Waals surface area contributed by atoms with E-state index in [4.69, 9.17) is 5.73 Å². The largest absolute Gasteiger partial charge is 0.343 e. The molecule has 0 aliphatic carbocycles. The van der Waals surface area contributed by atoms with Crippen LogP contribution in [0.4, 0.5) is 0 Å². The molecule has 2 atom stereocenters. The Kier molecular flexibility index (Phi) is 7.48. The molecule has 2 unspecified atom stereocenters. The summed E-state index contributed by atoms with van der Waals surface area (Å²) in [6.45, 7) is 8.68. The maximum absolute atomic E-state index is 12.3. The standard InChI is InChI=1S/C15H32N4O/c1-5-19(13(2)12-17(3)4)14(11-16)10-15(20)18-8-6-7-9-18/h13-14H,5-12,16H2,1-4H3. The summed E-state index contributed by atoms with van der Waals surface area (Å²) in [6.07, 6.45) is 2.85. The van der Waals surface area contributed by atoms with Crippen LogP contribution in [-0.4, -0.2) is 79.5 Å². The summed E-state index contributed by atoms with van der Waals surface area (Å²) in [5.74, 6) is 0.272. The van der Waals surface area contributed by atoms with E-state index in [-0.39, 0.29) is 11.9 Å². The number of rotatable bonds is 8. The van der Waals surface area contributed by atoms with Gasteiger partial charge in [0.1, 0.15) is 0 Å². The highest BCUT2D eigenvalue weighted by atomic mass is 16.2. The molecule has 118 valence electrons. The first-order chi connectivity index (χ1) is 9.49. The van der Waals surface area contributed by atoms with Crippen molar-refractivity contribution in [3.05, 3.63) is 0 Å². The van der Waals surface area contributed by atoms with Gasteiger partial charge < -0.3 is 15.5 Å². The van der Waals surface area contributed by atoms with Crippen molar-refractivity contribution in [1.82, 2.24) is 14.7 Å². The van der Waals surface area contributed by atoms with Crippen LogP contribution in [0.15, 0.2) is 0 Å². The van der Waals surface area contributed by atoms with Crippen molar-refractivity contribution in [2.24, 2.45) is 5.73 Å². The van der Waals surface area contributed by atoms with E-state index in [2.05, 4.69) is 37.7 Å². The highest BCUT2D eigenvalue weighted by molar-refractivity contribution is 5.77. The average Bonchev–Trinajstić information content (AvgIpc) is 2.91. The number of hydrogen-bond donors (Lipinski definition) is 1. The van der Waals surface area contributed by atoms with Gasteiger partial charge in [-0.2, -0.15) is 0 Å². The van der Waals surface area contributed by atoms with Gasteiger partial charge in [0.15, 0.2) is 0 Å². The molecule has 0 bridgehead atoms. The quantitative estimate of drug-likeness (QED) is 0.709. The molecule has 0 spiro atoms.